The summed E-state index contributed by atoms with van der Waals surface area (Å²) in [5, 5.41) is 0. The Bertz CT molecular complexity index is 617. The standard InChI is InChI=1S/C17H16F3N/c1-12(10-16(21)13-6-3-2-4-7-13)14-8-5-9-15(11-14)17(18,19)20/h2-9,11,16H,1,10,21H2. The van der Waals surface area contributed by atoms with Crippen molar-refractivity contribution in [2.24, 2.45) is 5.73 Å². The highest BCUT2D eigenvalue weighted by Crippen LogP contribution is 2.32. The van der Waals surface area contributed by atoms with Crippen LogP contribution in [0.2, 0.25) is 0 Å². The van der Waals surface area contributed by atoms with Gasteiger partial charge in [0, 0.05) is 6.04 Å². The van der Waals surface area contributed by atoms with E-state index in [1.807, 2.05) is 30.3 Å². The van der Waals surface area contributed by atoms with Crippen molar-refractivity contribution in [3.63, 3.8) is 0 Å². The smallest absolute Gasteiger partial charge is 0.324 e. The molecule has 2 aromatic carbocycles. The molecule has 0 bridgehead atoms. The van der Waals surface area contributed by atoms with Crippen molar-refractivity contribution in [2.45, 2.75) is 18.6 Å². The van der Waals surface area contributed by atoms with Gasteiger partial charge >= 0.3 is 6.18 Å². The quantitative estimate of drug-likeness (QED) is 0.859. The van der Waals surface area contributed by atoms with E-state index in [2.05, 4.69) is 6.58 Å². The van der Waals surface area contributed by atoms with Crippen molar-refractivity contribution in [1.29, 1.82) is 0 Å². The first-order valence-electron chi connectivity index (χ1n) is 6.54. The Labute approximate surface area is 121 Å². The molecule has 2 rings (SSSR count). The maximum atomic E-state index is 12.7. The average Bonchev–Trinajstić information content (AvgIpc) is 2.47. The van der Waals surface area contributed by atoms with Crippen LogP contribution in [0.25, 0.3) is 5.57 Å². The predicted octanol–water partition coefficient (Wildman–Crippen LogP) is 4.81. The van der Waals surface area contributed by atoms with Gasteiger partial charge in [-0.3, -0.25) is 0 Å². The van der Waals surface area contributed by atoms with Gasteiger partial charge in [-0.25, -0.2) is 0 Å². The Hall–Kier alpha value is -2.07. The minimum atomic E-state index is -4.35. The van der Waals surface area contributed by atoms with E-state index in [9.17, 15) is 13.2 Å². The summed E-state index contributed by atoms with van der Waals surface area (Å²) in [5.74, 6) is 0. The Morgan fingerprint density at radius 2 is 1.71 bits per heavy atom. The topological polar surface area (TPSA) is 26.0 Å². The summed E-state index contributed by atoms with van der Waals surface area (Å²) < 4.78 is 38.1. The monoisotopic (exact) mass is 291 g/mol. The molecule has 1 nitrogen and oxygen atoms in total. The molecule has 21 heavy (non-hydrogen) atoms. The molecule has 4 heteroatoms. The van der Waals surface area contributed by atoms with E-state index < -0.39 is 11.7 Å². The molecular weight excluding hydrogens is 275 g/mol. The Kier molecular flexibility index (Phi) is 4.48. The fourth-order valence-electron chi connectivity index (χ4n) is 2.12. The van der Waals surface area contributed by atoms with Crippen LogP contribution in [-0.4, -0.2) is 0 Å². The molecular formula is C17H16F3N. The van der Waals surface area contributed by atoms with Crippen LogP contribution < -0.4 is 5.73 Å². The SMILES string of the molecule is C=C(CC(N)c1ccccc1)c1cccc(C(F)(F)F)c1. The van der Waals surface area contributed by atoms with Crippen LogP contribution in [0.5, 0.6) is 0 Å². The van der Waals surface area contributed by atoms with Crippen molar-refractivity contribution in [1.82, 2.24) is 0 Å². The fourth-order valence-corrected chi connectivity index (χ4v) is 2.12. The molecule has 0 aliphatic carbocycles. The fraction of sp³-hybridized carbons (Fsp3) is 0.176. The molecule has 1 atom stereocenters. The summed E-state index contributed by atoms with van der Waals surface area (Å²) in [6, 6.07) is 14.3. The number of alkyl halides is 3. The highest BCUT2D eigenvalue weighted by atomic mass is 19.4. The van der Waals surface area contributed by atoms with Crippen LogP contribution in [0.3, 0.4) is 0 Å². The molecule has 0 saturated carbocycles. The second-order valence-electron chi connectivity index (χ2n) is 4.90. The van der Waals surface area contributed by atoms with Crippen LogP contribution in [0.1, 0.15) is 29.2 Å². The number of rotatable bonds is 4. The molecule has 0 radical (unpaired) electrons. The molecule has 0 aliphatic heterocycles. The largest absolute Gasteiger partial charge is 0.416 e. The minimum Gasteiger partial charge on any atom is -0.324 e. The van der Waals surface area contributed by atoms with Gasteiger partial charge in [-0.2, -0.15) is 13.2 Å². The summed E-state index contributed by atoms with van der Waals surface area (Å²) in [4.78, 5) is 0. The Morgan fingerprint density at radius 1 is 1.05 bits per heavy atom. The van der Waals surface area contributed by atoms with Gasteiger partial charge in [0.05, 0.1) is 5.56 Å². The summed E-state index contributed by atoms with van der Waals surface area (Å²) in [7, 11) is 0. The molecule has 0 aliphatic rings. The molecule has 0 heterocycles. The molecule has 0 fully saturated rings. The summed E-state index contributed by atoms with van der Waals surface area (Å²) >= 11 is 0. The highest BCUT2D eigenvalue weighted by molar-refractivity contribution is 5.64. The van der Waals surface area contributed by atoms with Crippen molar-refractivity contribution in [3.8, 4) is 0 Å². The number of nitrogens with two attached hydrogens (primary N) is 1. The zero-order chi connectivity index (χ0) is 15.5. The lowest BCUT2D eigenvalue weighted by Crippen LogP contribution is -2.11. The third kappa shape index (κ3) is 3.95. The Morgan fingerprint density at radius 3 is 2.33 bits per heavy atom. The van der Waals surface area contributed by atoms with Crippen LogP contribution in [0.15, 0.2) is 61.2 Å². The maximum absolute atomic E-state index is 12.7. The summed E-state index contributed by atoms with van der Waals surface area (Å²) in [6.07, 6.45) is -3.94. The first-order valence-corrected chi connectivity index (χ1v) is 6.54. The first kappa shape index (κ1) is 15.3. The molecule has 2 aromatic rings. The molecule has 0 saturated heterocycles. The maximum Gasteiger partial charge on any atom is 0.416 e. The molecule has 0 spiro atoms. The van der Waals surface area contributed by atoms with E-state index in [-0.39, 0.29) is 6.04 Å². The lowest BCUT2D eigenvalue weighted by molar-refractivity contribution is -0.137. The van der Waals surface area contributed by atoms with E-state index in [4.69, 9.17) is 5.73 Å². The van der Waals surface area contributed by atoms with Gasteiger partial charge in [-0.1, -0.05) is 49.0 Å². The van der Waals surface area contributed by atoms with Crippen molar-refractivity contribution >= 4 is 5.57 Å². The highest BCUT2D eigenvalue weighted by Gasteiger charge is 2.30. The summed E-state index contributed by atoms with van der Waals surface area (Å²) in [6.45, 7) is 3.87. The van der Waals surface area contributed by atoms with E-state index >= 15 is 0 Å². The lowest BCUT2D eigenvalue weighted by Gasteiger charge is -2.15. The normalized spacial score (nSPS) is 13.0. The predicted molar refractivity (Wildman–Crippen MR) is 78.5 cm³/mol. The van der Waals surface area contributed by atoms with Gasteiger partial charge in [-0.15, -0.1) is 0 Å². The van der Waals surface area contributed by atoms with E-state index in [1.165, 1.54) is 6.07 Å². The third-order valence-corrected chi connectivity index (χ3v) is 3.29. The van der Waals surface area contributed by atoms with Crippen molar-refractivity contribution < 1.29 is 13.2 Å². The van der Waals surface area contributed by atoms with E-state index in [0.29, 0.717) is 17.6 Å². The average molecular weight is 291 g/mol. The van der Waals surface area contributed by atoms with Crippen LogP contribution in [-0.2, 0) is 6.18 Å². The first-order chi connectivity index (χ1) is 9.88. The van der Waals surface area contributed by atoms with Gasteiger partial charge in [0.15, 0.2) is 0 Å². The van der Waals surface area contributed by atoms with Crippen LogP contribution in [0.4, 0.5) is 13.2 Å². The number of hydrogen-bond donors (Lipinski definition) is 1. The zero-order valence-corrected chi connectivity index (χ0v) is 11.4. The van der Waals surface area contributed by atoms with Gasteiger partial charge in [-0.05, 0) is 35.3 Å². The third-order valence-electron chi connectivity index (χ3n) is 3.29. The number of benzene rings is 2. The van der Waals surface area contributed by atoms with E-state index in [0.717, 1.165) is 17.7 Å². The minimum absolute atomic E-state index is 0.284. The number of halogens is 3. The molecule has 2 N–H and O–H groups in total. The number of hydrogen-bond acceptors (Lipinski definition) is 1. The van der Waals surface area contributed by atoms with Gasteiger partial charge in [0.1, 0.15) is 0 Å². The van der Waals surface area contributed by atoms with Crippen LogP contribution >= 0.6 is 0 Å². The molecule has 0 aromatic heterocycles. The van der Waals surface area contributed by atoms with Gasteiger partial charge in [0.2, 0.25) is 0 Å². The van der Waals surface area contributed by atoms with Crippen LogP contribution in [0, 0.1) is 0 Å². The lowest BCUT2D eigenvalue weighted by atomic mass is 9.95. The molecule has 0 amide bonds. The Balaban J connectivity index is 2.14. The second kappa shape index (κ2) is 6.14. The molecule has 1 unspecified atom stereocenters. The van der Waals surface area contributed by atoms with Gasteiger partial charge < -0.3 is 5.73 Å². The molecule has 110 valence electrons. The van der Waals surface area contributed by atoms with Crippen molar-refractivity contribution in [3.05, 3.63) is 77.9 Å². The van der Waals surface area contributed by atoms with Gasteiger partial charge in [0.25, 0.3) is 0 Å². The zero-order valence-electron chi connectivity index (χ0n) is 11.4. The summed E-state index contributed by atoms with van der Waals surface area (Å²) in [5.41, 5.74) is 7.40. The van der Waals surface area contributed by atoms with E-state index in [1.54, 1.807) is 6.07 Å². The van der Waals surface area contributed by atoms with Crippen molar-refractivity contribution in [2.75, 3.05) is 0 Å². The second-order valence-corrected chi connectivity index (χ2v) is 4.90.